The highest BCUT2D eigenvalue weighted by Gasteiger charge is 2.07. The molecule has 18 heavy (non-hydrogen) atoms. The number of benzene rings is 1. The third-order valence-corrected chi connectivity index (χ3v) is 3.66. The standard InChI is InChI=1S/C14H18BrClFN/c1-10(2)9-18-8-4-3-5-11-6-7-12(15)13(16)14(11)17/h3,5-7,10,18H,4,8-9H2,1-2H3/b5-3+. The quantitative estimate of drug-likeness (QED) is 0.577. The molecule has 0 radical (unpaired) electrons. The van der Waals surface area contributed by atoms with Gasteiger partial charge in [0.05, 0.1) is 5.02 Å². The normalized spacial score (nSPS) is 11.7. The fourth-order valence-corrected chi connectivity index (χ4v) is 1.93. The first-order valence-electron chi connectivity index (χ1n) is 6.03. The van der Waals surface area contributed by atoms with Gasteiger partial charge in [0.2, 0.25) is 0 Å². The number of hydrogen-bond donors (Lipinski definition) is 1. The molecule has 1 N–H and O–H groups in total. The van der Waals surface area contributed by atoms with Gasteiger partial charge in [-0.3, -0.25) is 0 Å². The second kappa shape index (κ2) is 7.93. The number of halogens is 3. The molecule has 0 aromatic heterocycles. The highest BCUT2D eigenvalue weighted by molar-refractivity contribution is 9.10. The molecule has 0 amide bonds. The van der Waals surface area contributed by atoms with Crippen LogP contribution in [0.1, 0.15) is 25.8 Å². The van der Waals surface area contributed by atoms with E-state index in [0.717, 1.165) is 19.5 Å². The average Bonchev–Trinajstić information content (AvgIpc) is 2.33. The van der Waals surface area contributed by atoms with E-state index in [9.17, 15) is 4.39 Å². The van der Waals surface area contributed by atoms with Crippen molar-refractivity contribution in [1.29, 1.82) is 0 Å². The van der Waals surface area contributed by atoms with E-state index in [2.05, 4.69) is 35.1 Å². The van der Waals surface area contributed by atoms with E-state index in [1.165, 1.54) is 0 Å². The van der Waals surface area contributed by atoms with Gasteiger partial charge in [-0.05, 0) is 47.4 Å². The van der Waals surface area contributed by atoms with Crippen molar-refractivity contribution in [3.8, 4) is 0 Å². The van der Waals surface area contributed by atoms with Gasteiger partial charge in [0.25, 0.3) is 0 Å². The first kappa shape index (κ1) is 15.7. The molecule has 1 aromatic carbocycles. The van der Waals surface area contributed by atoms with Crippen molar-refractivity contribution in [2.45, 2.75) is 20.3 Å². The Morgan fingerprint density at radius 2 is 2.17 bits per heavy atom. The van der Waals surface area contributed by atoms with Crippen LogP contribution in [0.15, 0.2) is 22.7 Å². The van der Waals surface area contributed by atoms with Gasteiger partial charge in [0.1, 0.15) is 5.82 Å². The summed E-state index contributed by atoms with van der Waals surface area (Å²) < 4.78 is 14.3. The van der Waals surface area contributed by atoms with Crippen LogP contribution < -0.4 is 5.32 Å². The van der Waals surface area contributed by atoms with Gasteiger partial charge in [-0.15, -0.1) is 0 Å². The highest BCUT2D eigenvalue weighted by atomic mass is 79.9. The predicted molar refractivity (Wildman–Crippen MR) is 80.5 cm³/mol. The van der Waals surface area contributed by atoms with E-state index >= 15 is 0 Å². The lowest BCUT2D eigenvalue weighted by atomic mass is 10.2. The minimum Gasteiger partial charge on any atom is -0.316 e. The topological polar surface area (TPSA) is 12.0 Å². The lowest BCUT2D eigenvalue weighted by molar-refractivity contribution is 0.557. The second-order valence-electron chi connectivity index (χ2n) is 4.55. The van der Waals surface area contributed by atoms with Crippen LogP contribution in [0, 0.1) is 11.7 Å². The molecule has 100 valence electrons. The van der Waals surface area contributed by atoms with Crippen LogP contribution in [0.3, 0.4) is 0 Å². The molecule has 0 fully saturated rings. The second-order valence-corrected chi connectivity index (χ2v) is 5.79. The van der Waals surface area contributed by atoms with E-state index < -0.39 is 0 Å². The van der Waals surface area contributed by atoms with E-state index in [4.69, 9.17) is 11.6 Å². The molecule has 0 aliphatic carbocycles. The minimum atomic E-state index is -0.377. The zero-order chi connectivity index (χ0) is 13.5. The number of hydrogen-bond acceptors (Lipinski definition) is 1. The van der Waals surface area contributed by atoms with Gasteiger partial charge in [-0.1, -0.05) is 43.7 Å². The fraction of sp³-hybridized carbons (Fsp3) is 0.429. The van der Waals surface area contributed by atoms with Crippen LogP contribution in [-0.4, -0.2) is 13.1 Å². The molecule has 0 saturated carbocycles. The Hall–Kier alpha value is -0.380. The van der Waals surface area contributed by atoms with Crippen molar-refractivity contribution in [3.63, 3.8) is 0 Å². The molecule has 0 heterocycles. The Balaban J connectivity index is 2.45. The summed E-state index contributed by atoms with van der Waals surface area (Å²) in [6.07, 6.45) is 4.60. The summed E-state index contributed by atoms with van der Waals surface area (Å²) in [5.74, 6) is 0.272. The summed E-state index contributed by atoms with van der Waals surface area (Å²) in [6, 6.07) is 3.46. The van der Waals surface area contributed by atoms with Gasteiger partial charge in [0, 0.05) is 10.0 Å². The Labute approximate surface area is 122 Å². The molecule has 0 unspecified atom stereocenters. The van der Waals surface area contributed by atoms with Crippen molar-refractivity contribution in [3.05, 3.63) is 39.1 Å². The molecule has 0 bridgehead atoms. The predicted octanol–water partition coefficient (Wildman–Crippen LogP) is 4.89. The molecular formula is C14H18BrClFN. The Morgan fingerprint density at radius 3 is 2.83 bits per heavy atom. The summed E-state index contributed by atoms with van der Waals surface area (Å²) in [7, 11) is 0. The third kappa shape index (κ3) is 5.09. The first-order valence-corrected chi connectivity index (χ1v) is 7.20. The molecule has 1 aromatic rings. The Kier molecular flexibility index (Phi) is 6.90. The largest absolute Gasteiger partial charge is 0.316 e. The number of nitrogens with one attached hydrogen (secondary N) is 1. The molecule has 0 atom stereocenters. The van der Waals surface area contributed by atoms with Gasteiger partial charge >= 0.3 is 0 Å². The van der Waals surface area contributed by atoms with Crippen LogP contribution in [-0.2, 0) is 0 Å². The van der Waals surface area contributed by atoms with Crippen LogP contribution in [0.4, 0.5) is 4.39 Å². The van der Waals surface area contributed by atoms with E-state index in [-0.39, 0.29) is 10.8 Å². The van der Waals surface area contributed by atoms with Crippen LogP contribution in [0.2, 0.25) is 5.02 Å². The molecule has 0 aliphatic heterocycles. The summed E-state index contributed by atoms with van der Waals surface area (Å²) in [6.45, 7) is 6.25. The van der Waals surface area contributed by atoms with E-state index in [1.54, 1.807) is 18.2 Å². The first-order chi connectivity index (χ1) is 8.52. The van der Waals surface area contributed by atoms with Gasteiger partial charge in [-0.25, -0.2) is 4.39 Å². The molecule has 1 rings (SSSR count). The van der Waals surface area contributed by atoms with Crippen molar-refractivity contribution in [2.75, 3.05) is 13.1 Å². The fourth-order valence-electron chi connectivity index (χ4n) is 1.46. The van der Waals surface area contributed by atoms with Gasteiger partial charge in [-0.2, -0.15) is 0 Å². The Morgan fingerprint density at radius 1 is 1.44 bits per heavy atom. The Bertz CT molecular complexity index is 419. The smallest absolute Gasteiger partial charge is 0.150 e. The van der Waals surface area contributed by atoms with Gasteiger partial charge < -0.3 is 5.32 Å². The molecule has 0 spiro atoms. The lowest BCUT2D eigenvalue weighted by Gasteiger charge is -2.05. The molecule has 0 saturated heterocycles. The SMILES string of the molecule is CC(C)CNCC/C=C/c1ccc(Br)c(Cl)c1F. The van der Waals surface area contributed by atoms with E-state index in [0.29, 0.717) is 16.0 Å². The highest BCUT2D eigenvalue weighted by Crippen LogP contribution is 2.28. The summed E-state index contributed by atoms with van der Waals surface area (Å²) in [5, 5.41) is 3.46. The maximum Gasteiger partial charge on any atom is 0.150 e. The summed E-state index contributed by atoms with van der Waals surface area (Å²) in [5.41, 5.74) is 0.520. The average molecular weight is 335 g/mol. The zero-order valence-electron chi connectivity index (χ0n) is 10.6. The molecule has 0 aliphatic rings. The van der Waals surface area contributed by atoms with Crippen molar-refractivity contribution >= 4 is 33.6 Å². The molecule has 4 heteroatoms. The molecule has 1 nitrogen and oxygen atoms in total. The zero-order valence-corrected chi connectivity index (χ0v) is 13.0. The van der Waals surface area contributed by atoms with Crippen molar-refractivity contribution in [1.82, 2.24) is 5.32 Å². The summed E-state index contributed by atoms with van der Waals surface area (Å²) in [4.78, 5) is 0. The maximum atomic E-state index is 13.7. The lowest BCUT2D eigenvalue weighted by Crippen LogP contribution is -2.20. The van der Waals surface area contributed by atoms with Crippen LogP contribution in [0.25, 0.3) is 6.08 Å². The molecular weight excluding hydrogens is 317 g/mol. The van der Waals surface area contributed by atoms with E-state index in [1.807, 2.05) is 6.08 Å². The minimum absolute atomic E-state index is 0.134. The van der Waals surface area contributed by atoms with Crippen LogP contribution in [0.5, 0.6) is 0 Å². The maximum absolute atomic E-state index is 13.7. The third-order valence-electron chi connectivity index (χ3n) is 2.40. The van der Waals surface area contributed by atoms with Crippen LogP contribution >= 0.6 is 27.5 Å². The van der Waals surface area contributed by atoms with Crippen molar-refractivity contribution in [2.24, 2.45) is 5.92 Å². The summed E-state index contributed by atoms with van der Waals surface area (Å²) >= 11 is 9.00. The van der Waals surface area contributed by atoms with Gasteiger partial charge in [0.15, 0.2) is 0 Å². The van der Waals surface area contributed by atoms with Crippen molar-refractivity contribution < 1.29 is 4.39 Å². The number of rotatable bonds is 6. The monoisotopic (exact) mass is 333 g/mol.